The molecular formula is C35H30BN3O2. The van der Waals surface area contributed by atoms with Crippen LogP contribution in [0.2, 0.25) is 0 Å². The summed E-state index contributed by atoms with van der Waals surface area (Å²) in [6.45, 7) is 8.26. The highest BCUT2D eigenvalue weighted by molar-refractivity contribution is 6.62. The average molecular weight is 535 g/mol. The third-order valence-electron chi connectivity index (χ3n) is 8.32. The molecule has 5 nitrogen and oxygen atoms in total. The van der Waals surface area contributed by atoms with E-state index in [4.69, 9.17) is 24.3 Å². The SMILES string of the molecule is CC1(C)OB(c2cccc(-c3nc(-c4ccc5ccccc5c4)nc(-c4ccc5ccccc5c4)n3)c2)OC1(C)C. The van der Waals surface area contributed by atoms with Crippen molar-refractivity contribution in [3.63, 3.8) is 0 Å². The van der Waals surface area contributed by atoms with Crippen molar-refractivity contribution in [3.05, 3.63) is 109 Å². The fraction of sp³-hybridized carbons (Fsp3) is 0.171. The van der Waals surface area contributed by atoms with Crippen molar-refractivity contribution < 1.29 is 9.31 Å². The largest absolute Gasteiger partial charge is 0.494 e. The Morgan fingerprint density at radius 2 is 0.902 bits per heavy atom. The van der Waals surface area contributed by atoms with Gasteiger partial charge in [0.25, 0.3) is 0 Å². The summed E-state index contributed by atoms with van der Waals surface area (Å²) in [7, 11) is -0.471. The average Bonchev–Trinajstić information content (AvgIpc) is 3.22. The van der Waals surface area contributed by atoms with E-state index in [1.165, 1.54) is 10.8 Å². The van der Waals surface area contributed by atoms with E-state index in [2.05, 4.69) is 94.4 Å². The third-order valence-corrected chi connectivity index (χ3v) is 8.32. The molecule has 2 heterocycles. The zero-order valence-corrected chi connectivity index (χ0v) is 23.6. The van der Waals surface area contributed by atoms with Crippen molar-refractivity contribution >= 4 is 34.1 Å². The summed E-state index contributed by atoms with van der Waals surface area (Å²) in [5.41, 5.74) is 2.85. The van der Waals surface area contributed by atoms with Gasteiger partial charge in [-0.1, -0.05) is 97.1 Å². The molecule has 6 aromatic rings. The second kappa shape index (κ2) is 9.62. The molecule has 6 heteroatoms. The number of fused-ring (bicyclic) bond motifs is 2. The number of hydrogen-bond acceptors (Lipinski definition) is 5. The monoisotopic (exact) mass is 535 g/mol. The fourth-order valence-corrected chi connectivity index (χ4v) is 5.22. The van der Waals surface area contributed by atoms with Crippen LogP contribution >= 0.6 is 0 Å². The Morgan fingerprint density at radius 3 is 1.39 bits per heavy atom. The number of benzene rings is 5. The summed E-state index contributed by atoms with van der Waals surface area (Å²) in [4.78, 5) is 15.0. The zero-order valence-electron chi connectivity index (χ0n) is 23.6. The summed E-state index contributed by atoms with van der Waals surface area (Å²) < 4.78 is 12.7. The topological polar surface area (TPSA) is 57.1 Å². The van der Waals surface area contributed by atoms with Crippen molar-refractivity contribution in [2.45, 2.75) is 38.9 Å². The second-order valence-corrected chi connectivity index (χ2v) is 11.6. The van der Waals surface area contributed by atoms with Crippen molar-refractivity contribution in [1.29, 1.82) is 0 Å². The van der Waals surface area contributed by atoms with Gasteiger partial charge in [0, 0.05) is 16.7 Å². The summed E-state index contributed by atoms with van der Waals surface area (Å²) in [6.07, 6.45) is 0. The second-order valence-electron chi connectivity index (χ2n) is 11.6. The van der Waals surface area contributed by atoms with E-state index in [0.717, 1.165) is 32.9 Å². The van der Waals surface area contributed by atoms with Gasteiger partial charge in [0.2, 0.25) is 0 Å². The number of rotatable bonds is 4. The molecule has 1 aliphatic heterocycles. The molecule has 1 aromatic heterocycles. The molecule has 0 unspecified atom stereocenters. The molecule has 0 atom stereocenters. The summed E-state index contributed by atoms with van der Waals surface area (Å²) in [5, 5.41) is 4.63. The first-order chi connectivity index (χ1) is 19.8. The smallest absolute Gasteiger partial charge is 0.399 e. The van der Waals surface area contributed by atoms with Gasteiger partial charge in [-0.3, -0.25) is 0 Å². The van der Waals surface area contributed by atoms with E-state index in [0.29, 0.717) is 17.5 Å². The highest BCUT2D eigenvalue weighted by Crippen LogP contribution is 2.37. The minimum absolute atomic E-state index is 0.423. The lowest BCUT2D eigenvalue weighted by Crippen LogP contribution is -2.41. The normalized spacial score (nSPS) is 16.0. The minimum atomic E-state index is -0.471. The molecule has 0 saturated carbocycles. The first-order valence-electron chi connectivity index (χ1n) is 14.0. The molecule has 0 bridgehead atoms. The molecule has 0 aliphatic carbocycles. The lowest BCUT2D eigenvalue weighted by Gasteiger charge is -2.32. The molecule has 5 aromatic carbocycles. The Morgan fingerprint density at radius 1 is 0.463 bits per heavy atom. The molecule has 200 valence electrons. The maximum absolute atomic E-state index is 6.33. The minimum Gasteiger partial charge on any atom is -0.399 e. The van der Waals surface area contributed by atoms with Gasteiger partial charge in [0.1, 0.15) is 0 Å². The maximum atomic E-state index is 6.33. The molecule has 41 heavy (non-hydrogen) atoms. The molecule has 1 fully saturated rings. The van der Waals surface area contributed by atoms with Crippen LogP contribution in [0.5, 0.6) is 0 Å². The van der Waals surface area contributed by atoms with E-state index < -0.39 is 18.3 Å². The molecule has 7 rings (SSSR count). The van der Waals surface area contributed by atoms with E-state index >= 15 is 0 Å². The molecule has 0 radical (unpaired) electrons. The molecule has 0 N–H and O–H groups in total. The van der Waals surface area contributed by atoms with E-state index in [1.807, 2.05) is 42.5 Å². The Labute approximate surface area is 240 Å². The van der Waals surface area contributed by atoms with Crippen LogP contribution in [0.4, 0.5) is 0 Å². The molecular weight excluding hydrogens is 505 g/mol. The van der Waals surface area contributed by atoms with Crippen LogP contribution in [0.1, 0.15) is 27.7 Å². The van der Waals surface area contributed by atoms with Gasteiger partial charge < -0.3 is 9.31 Å². The zero-order chi connectivity index (χ0) is 28.2. The van der Waals surface area contributed by atoms with Gasteiger partial charge >= 0.3 is 7.12 Å². The lowest BCUT2D eigenvalue weighted by atomic mass is 9.78. The third kappa shape index (κ3) is 4.69. The highest BCUT2D eigenvalue weighted by Gasteiger charge is 2.51. The van der Waals surface area contributed by atoms with E-state index in [-0.39, 0.29) is 0 Å². The Balaban J connectivity index is 1.37. The van der Waals surface area contributed by atoms with Crippen LogP contribution in [0.3, 0.4) is 0 Å². The first-order valence-corrected chi connectivity index (χ1v) is 14.0. The quantitative estimate of drug-likeness (QED) is 0.219. The molecule has 1 aliphatic rings. The Kier molecular flexibility index (Phi) is 6.00. The van der Waals surface area contributed by atoms with E-state index in [9.17, 15) is 0 Å². The molecule has 0 amide bonds. The van der Waals surface area contributed by atoms with Crippen LogP contribution < -0.4 is 5.46 Å². The Bertz CT molecular complexity index is 1820. The highest BCUT2D eigenvalue weighted by atomic mass is 16.7. The predicted molar refractivity (Wildman–Crippen MR) is 167 cm³/mol. The number of nitrogens with zero attached hydrogens (tertiary/aromatic N) is 3. The van der Waals surface area contributed by atoms with Crippen LogP contribution in [-0.2, 0) is 9.31 Å². The van der Waals surface area contributed by atoms with Gasteiger partial charge in [0.05, 0.1) is 11.2 Å². The summed E-state index contributed by atoms with van der Waals surface area (Å²) >= 11 is 0. The van der Waals surface area contributed by atoms with Crippen LogP contribution in [0.25, 0.3) is 55.7 Å². The van der Waals surface area contributed by atoms with Crippen LogP contribution in [-0.4, -0.2) is 33.3 Å². The van der Waals surface area contributed by atoms with Crippen molar-refractivity contribution in [3.8, 4) is 34.2 Å². The van der Waals surface area contributed by atoms with Crippen LogP contribution in [0, 0.1) is 0 Å². The summed E-state index contributed by atoms with van der Waals surface area (Å²) in [5.74, 6) is 1.86. The van der Waals surface area contributed by atoms with Crippen molar-refractivity contribution in [1.82, 2.24) is 15.0 Å². The number of hydrogen-bond donors (Lipinski definition) is 0. The maximum Gasteiger partial charge on any atom is 0.494 e. The van der Waals surface area contributed by atoms with Gasteiger partial charge in [-0.25, -0.2) is 15.0 Å². The standard InChI is InChI=1S/C35H30BN3O2/c1-34(2)35(3,4)41-36(40-34)30-15-9-14-27(22-30)31-37-32(28-18-16-23-10-5-7-12-25(23)20-28)39-33(38-31)29-19-17-24-11-6-8-13-26(24)21-29/h5-22H,1-4H3. The van der Waals surface area contributed by atoms with Gasteiger partial charge in [-0.2, -0.15) is 0 Å². The lowest BCUT2D eigenvalue weighted by molar-refractivity contribution is 0.00578. The van der Waals surface area contributed by atoms with Crippen LogP contribution in [0.15, 0.2) is 109 Å². The van der Waals surface area contributed by atoms with E-state index in [1.54, 1.807) is 0 Å². The molecule has 1 saturated heterocycles. The van der Waals surface area contributed by atoms with Gasteiger partial charge in [0.15, 0.2) is 17.5 Å². The van der Waals surface area contributed by atoms with Gasteiger partial charge in [-0.05, 0) is 66.8 Å². The molecule has 0 spiro atoms. The van der Waals surface area contributed by atoms with Crippen molar-refractivity contribution in [2.24, 2.45) is 0 Å². The number of aromatic nitrogens is 3. The Hall–Kier alpha value is -4.39. The fourth-order valence-electron chi connectivity index (χ4n) is 5.22. The predicted octanol–water partition coefficient (Wildman–Crippen LogP) is 7.48. The summed E-state index contributed by atoms with van der Waals surface area (Å²) in [6, 6.07) is 37.4. The van der Waals surface area contributed by atoms with Crippen molar-refractivity contribution in [2.75, 3.05) is 0 Å². The first kappa shape index (κ1) is 25.6. The van der Waals surface area contributed by atoms with Gasteiger partial charge in [-0.15, -0.1) is 0 Å².